The Morgan fingerprint density at radius 3 is 2.55 bits per heavy atom. The Morgan fingerprint density at radius 1 is 0.952 bits per heavy atom. The molecule has 0 saturated carbocycles. The Kier molecular flexibility index (Phi) is 6.23. The fourth-order valence-electron chi connectivity index (χ4n) is 8.08. The van der Waals surface area contributed by atoms with Gasteiger partial charge in [-0.3, -0.25) is 9.88 Å². The number of rotatable bonds is 5. The highest BCUT2D eigenvalue weighted by Crippen LogP contribution is 2.42. The van der Waals surface area contributed by atoms with Gasteiger partial charge < -0.3 is 20.1 Å². The number of pyridine rings is 1. The molecular weight excluding hydrogens is 531 g/mol. The lowest BCUT2D eigenvalue weighted by Gasteiger charge is -2.39. The van der Waals surface area contributed by atoms with Gasteiger partial charge in [-0.2, -0.15) is 9.97 Å². The van der Waals surface area contributed by atoms with Crippen molar-refractivity contribution in [2.24, 2.45) is 5.41 Å². The van der Waals surface area contributed by atoms with E-state index < -0.39 is 5.82 Å². The van der Waals surface area contributed by atoms with Crippen LogP contribution in [0.1, 0.15) is 44.9 Å². The van der Waals surface area contributed by atoms with E-state index in [0.29, 0.717) is 28.8 Å². The highest BCUT2D eigenvalue weighted by Gasteiger charge is 2.45. The van der Waals surface area contributed by atoms with Gasteiger partial charge >= 0.3 is 6.01 Å². The zero-order valence-electron chi connectivity index (χ0n) is 23.9. The average molecular weight is 569 g/mol. The highest BCUT2D eigenvalue weighted by atomic mass is 19.1. The van der Waals surface area contributed by atoms with Gasteiger partial charge in [0.15, 0.2) is 5.82 Å². The van der Waals surface area contributed by atoms with Crippen LogP contribution in [-0.4, -0.2) is 76.4 Å². The van der Waals surface area contributed by atoms with Crippen molar-refractivity contribution in [3.8, 4) is 23.0 Å². The van der Waals surface area contributed by atoms with Crippen LogP contribution in [-0.2, 0) is 0 Å². The molecule has 0 bridgehead atoms. The summed E-state index contributed by atoms with van der Waals surface area (Å²) in [7, 11) is 0. The van der Waals surface area contributed by atoms with Crippen LogP contribution in [0.25, 0.3) is 32.9 Å². The Morgan fingerprint density at radius 2 is 1.76 bits per heavy atom. The van der Waals surface area contributed by atoms with Crippen LogP contribution in [0.15, 0.2) is 42.6 Å². The minimum Gasteiger partial charge on any atom is -0.508 e. The third kappa shape index (κ3) is 4.28. The van der Waals surface area contributed by atoms with Crippen LogP contribution < -0.4 is 15.0 Å². The van der Waals surface area contributed by atoms with Crippen molar-refractivity contribution >= 4 is 27.5 Å². The second-order valence-electron chi connectivity index (χ2n) is 12.8. The van der Waals surface area contributed by atoms with Crippen molar-refractivity contribution < 1.29 is 14.2 Å². The van der Waals surface area contributed by atoms with Crippen LogP contribution >= 0.6 is 0 Å². The number of anilines is 1. The maximum atomic E-state index is 16.6. The van der Waals surface area contributed by atoms with Gasteiger partial charge in [0.1, 0.15) is 29.4 Å². The predicted octanol–water partition coefficient (Wildman–Crippen LogP) is 5.28. The lowest BCUT2D eigenvalue weighted by molar-refractivity contribution is 0.108. The molecule has 2 aromatic carbocycles. The minimum absolute atomic E-state index is 0.0356. The number of aromatic hydroxyl groups is 1. The first-order valence-corrected chi connectivity index (χ1v) is 15.4. The fraction of sp³-hybridized carbons (Fsp3) is 0.485. The van der Waals surface area contributed by atoms with E-state index in [1.165, 1.54) is 19.3 Å². The molecule has 8 rings (SSSR count). The molecule has 4 saturated heterocycles. The van der Waals surface area contributed by atoms with E-state index >= 15 is 4.39 Å². The normalized spacial score (nSPS) is 21.5. The number of phenols is 1. The van der Waals surface area contributed by atoms with Crippen LogP contribution in [0.3, 0.4) is 0 Å². The second kappa shape index (κ2) is 10.0. The Bertz CT molecular complexity index is 1650. The van der Waals surface area contributed by atoms with E-state index in [-0.39, 0.29) is 28.5 Å². The number of ether oxygens (including phenoxy) is 1. The number of nitrogens with zero attached hydrogens (tertiary/aromatic N) is 5. The van der Waals surface area contributed by atoms with Gasteiger partial charge in [0.05, 0.1) is 10.9 Å². The molecule has 0 amide bonds. The van der Waals surface area contributed by atoms with Crippen molar-refractivity contribution in [2.75, 3.05) is 50.8 Å². The highest BCUT2D eigenvalue weighted by molar-refractivity contribution is 5.99. The molecule has 9 heteroatoms. The lowest BCUT2D eigenvalue weighted by Crippen LogP contribution is -2.43. The van der Waals surface area contributed by atoms with Gasteiger partial charge in [0.2, 0.25) is 0 Å². The average Bonchev–Trinajstić information content (AvgIpc) is 3.73. The van der Waals surface area contributed by atoms with E-state index in [4.69, 9.17) is 14.7 Å². The number of piperidine rings is 1. The molecule has 4 aliphatic heterocycles. The van der Waals surface area contributed by atoms with Gasteiger partial charge in [-0.25, -0.2) is 4.39 Å². The molecule has 0 unspecified atom stereocenters. The Balaban J connectivity index is 1.22. The van der Waals surface area contributed by atoms with E-state index in [1.807, 2.05) is 24.3 Å². The van der Waals surface area contributed by atoms with Crippen LogP contribution in [0.4, 0.5) is 10.2 Å². The number of halogens is 1. The van der Waals surface area contributed by atoms with Gasteiger partial charge in [-0.1, -0.05) is 24.3 Å². The third-order valence-electron chi connectivity index (χ3n) is 10.5. The molecular formula is C33H37FN6O2. The summed E-state index contributed by atoms with van der Waals surface area (Å²) in [6.07, 6.45) is 9.63. The summed E-state index contributed by atoms with van der Waals surface area (Å²) in [5.74, 6) is 0.242. The summed E-state index contributed by atoms with van der Waals surface area (Å²) in [6, 6.07) is 11.1. The van der Waals surface area contributed by atoms with Crippen LogP contribution in [0, 0.1) is 11.2 Å². The third-order valence-corrected chi connectivity index (χ3v) is 10.5. The van der Waals surface area contributed by atoms with Crippen molar-refractivity contribution in [1.82, 2.24) is 25.2 Å². The van der Waals surface area contributed by atoms with Crippen molar-refractivity contribution in [3.63, 3.8) is 0 Å². The second-order valence-corrected chi connectivity index (χ2v) is 12.8. The SMILES string of the molecule is Oc1cc(-c2ncc3c(N4CCC5(CCNC5)CC4)nc(OCC45CCCN4CCC5)nc3c2F)c2ccccc2c1. The molecule has 0 aliphatic carbocycles. The molecule has 4 aliphatic rings. The molecule has 218 valence electrons. The van der Waals surface area contributed by atoms with E-state index in [2.05, 4.69) is 20.1 Å². The number of fused-ring (bicyclic) bond motifs is 3. The zero-order chi connectivity index (χ0) is 28.3. The molecule has 1 spiro atoms. The zero-order valence-corrected chi connectivity index (χ0v) is 23.9. The van der Waals surface area contributed by atoms with Crippen molar-refractivity contribution in [3.05, 3.63) is 48.4 Å². The maximum absolute atomic E-state index is 16.6. The maximum Gasteiger partial charge on any atom is 0.319 e. The molecule has 2 N–H and O–H groups in total. The van der Waals surface area contributed by atoms with Gasteiger partial charge in [0.25, 0.3) is 0 Å². The van der Waals surface area contributed by atoms with E-state index in [9.17, 15) is 5.11 Å². The first-order chi connectivity index (χ1) is 20.5. The van der Waals surface area contributed by atoms with Gasteiger partial charge in [-0.05, 0) is 92.9 Å². The number of phenolic OH excluding ortho intramolecular Hbond substituents is 1. The standard InChI is InChI=1S/C33H37FN6O2/c34-27-28(25-18-23(41)17-22-5-1-2-6-24(22)25)36-19-26-29(27)37-31(42-21-33-7-3-13-40(33)14-4-8-33)38-30(26)39-15-10-32(11-16-39)9-12-35-20-32/h1-2,5-6,17-19,35,41H,3-4,7-16,20-21H2. The molecule has 6 heterocycles. The van der Waals surface area contributed by atoms with Gasteiger partial charge in [-0.15, -0.1) is 0 Å². The quantitative estimate of drug-likeness (QED) is 0.337. The number of hydrogen-bond acceptors (Lipinski definition) is 8. The summed E-state index contributed by atoms with van der Waals surface area (Å²) in [6.45, 7) is 6.59. The molecule has 0 atom stereocenters. The summed E-state index contributed by atoms with van der Waals surface area (Å²) in [5.41, 5.74) is 1.29. The van der Waals surface area contributed by atoms with E-state index in [1.54, 1.807) is 18.3 Å². The summed E-state index contributed by atoms with van der Waals surface area (Å²) in [4.78, 5) is 19.1. The lowest BCUT2D eigenvalue weighted by atomic mass is 9.78. The number of hydrogen-bond donors (Lipinski definition) is 2. The first-order valence-electron chi connectivity index (χ1n) is 15.4. The van der Waals surface area contributed by atoms with Crippen LogP contribution in [0.5, 0.6) is 11.8 Å². The first kappa shape index (κ1) is 26.1. The summed E-state index contributed by atoms with van der Waals surface area (Å²) < 4.78 is 23.0. The minimum atomic E-state index is -0.522. The molecule has 8 nitrogen and oxygen atoms in total. The molecule has 4 aromatic rings. The predicted molar refractivity (Wildman–Crippen MR) is 162 cm³/mol. The van der Waals surface area contributed by atoms with Crippen molar-refractivity contribution in [1.29, 1.82) is 0 Å². The summed E-state index contributed by atoms with van der Waals surface area (Å²) in [5, 5.41) is 16.2. The van der Waals surface area contributed by atoms with Crippen molar-refractivity contribution in [2.45, 2.75) is 50.5 Å². The largest absolute Gasteiger partial charge is 0.508 e. The molecule has 4 fully saturated rings. The Labute approximate surface area is 244 Å². The van der Waals surface area contributed by atoms with Gasteiger partial charge in [0, 0.05) is 31.4 Å². The number of aromatic nitrogens is 3. The summed E-state index contributed by atoms with van der Waals surface area (Å²) >= 11 is 0. The Hall–Kier alpha value is -3.56. The smallest absolute Gasteiger partial charge is 0.319 e. The number of benzene rings is 2. The molecule has 0 radical (unpaired) electrons. The number of nitrogens with one attached hydrogen (secondary N) is 1. The molecule has 2 aromatic heterocycles. The monoisotopic (exact) mass is 568 g/mol. The van der Waals surface area contributed by atoms with E-state index in [0.717, 1.165) is 75.7 Å². The van der Waals surface area contributed by atoms with Crippen LogP contribution in [0.2, 0.25) is 0 Å². The molecule has 42 heavy (non-hydrogen) atoms. The fourth-order valence-corrected chi connectivity index (χ4v) is 8.08. The topological polar surface area (TPSA) is 86.6 Å².